The van der Waals surface area contributed by atoms with Gasteiger partial charge in [0.25, 0.3) is 0 Å². The number of benzene rings is 2. The first-order valence-electron chi connectivity index (χ1n) is 8.74. The number of hydrogen-bond donors (Lipinski definition) is 1. The second-order valence-corrected chi connectivity index (χ2v) is 8.28. The molecule has 0 fully saturated rings. The highest BCUT2D eigenvalue weighted by atomic mass is 32.2. The van der Waals surface area contributed by atoms with Crippen LogP contribution in [0, 0.1) is 13.8 Å². The second-order valence-electron chi connectivity index (χ2n) is 6.38. The van der Waals surface area contributed by atoms with Gasteiger partial charge in [0.15, 0.2) is 0 Å². The van der Waals surface area contributed by atoms with Gasteiger partial charge in [0.1, 0.15) is 12.3 Å². The lowest BCUT2D eigenvalue weighted by atomic mass is 10.1. The molecule has 0 saturated carbocycles. The van der Waals surface area contributed by atoms with Gasteiger partial charge in [0, 0.05) is 12.1 Å². The Kier molecular flexibility index (Phi) is 6.85. The summed E-state index contributed by atoms with van der Waals surface area (Å²) in [6, 6.07) is 13.0. The number of ether oxygens (including phenoxy) is 1. The molecule has 0 spiro atoms. The maximum atomic E-state index is 12.5. The highest BCUT2D eigenvalue weighted by Crippen LogP contribution is 2.24. The third-order valence-electron chi connectivity index (χ3n) is 4.07. The number of anilines is 1. The summed E-state index contributed by atoms with van der Waals surface area (Å²) in [6.07, 6.45) is 1.10. The van der Waals surface area contributed by atoms with Crippen molar-refractivity contribution in [1.82, 2.24) is 5.32 Å². The van der Waals surface area contributed by atoms with E-state index in [0.29, 0.717) is 18.0 Å². The highest BCUT2D eigenvalue weighted by Gasteiger charge is 2.22. The van der Waals surface area contributed by atoms with Gasteiger partial charge >= 0.3 is 0 Å². The standard InChI is InChI=1S/C20H26N2O4S/c1-5-26-19-9-7-6-8-17(19)13-21-20(23)14-22(27(4,24)25)18-12-15(2)10-11-16(18)3/h6-12H,5,13-14H2,1-4H3,(H,21,23). The number of nitrogens with zero attached hydrogens (tertiary/aromatic N) is 1. The number of hydrogen-bond acceptors (Lipinski definition) is 4. The summed E-state index contributed by atoms with van der Waals surface area (Å²) in [5.41, 5.74) is 3.07. The molecule has 0 aromatic heterocycles. The Morgan fingerprint density at radius 3 is 2.52 bits per heavy atom. The molecule has 27 heavy (non-hydrogen) atoms. The van der Waals surface area contributed by atoms with E-state index >= 15 is 0 Å². The third-order valence-corrected chi connectivity index (χ3v) is 5.20. The molecule has 6 nitrogen and oxygen atoms in total. The van der Waals surface area contributed by atoms with Crippen LogP contribution in [0.3, 0.4) is 0 Å². The quantitative estimate of drug-likeness (QED) is 0.752. The number of carbonyl (C=O) groups excluding carboxylic acids is 1. The first-order chi connectivity index (χ1) is 12.7. The van der Waals surface area contributed by atoms with Crippen molar-refractivity contribution in [2.45, 2.75) is 27.3 Å². The van der Waals surface area contributed by atoms with Crippen LogP contribution < -0.4 is 14.4 Å². The van der Waals surface area contributed by atoms with Gasteiger partial charge in [-0.1, -0.05) is 30.3 Å². The summed E-state index contributed by atoms with van der Waals surface area (Å²) in [4.78, 5) is 12.5. The molecule has 0 unspecified atom stereocenters. The first-order valence-corrected chi connectivity index (χ1v) is 10.6. The number of aryl methyl sites for hydroxylation is 2. The van der Waals surface area contributed by atoms with Crippen molar-refractivity contribution in [3.05, 3.63) is 59.2 Å². The maximum Gasteiger partial charge on any atom is 0.241 e. The van der Waals surface area contributed by atoms with Crippen LogP contribution in [0.5, 0.6) is 5.75 Å². The molecule has 2 rings (SSSR count). The molecule has 0 atom stereocenters. The minimum absolute atomic E-state index is 0.263. The molecule has 0 aliphatic carbocycles. The molecule has 7 heteroatoms. The average molecular weight is 391 g/mol. The second kappa shape index (κ2) is 8.90. The maximum absolute atomic E-state index is 12.5. The summed E-state index contributed by atoms with van der Waals surface area (Å²) < 4.78 is 31.2. The molecule has 0 bridgehead atoms. The summed E-state index contributed by atoms with van der Waals surface area (Å²) in [7, 11) is -3.60. The van der Waals surface area contributed by atoms with E-state index in [1.54, 1.807) is 6.07 Å². The van der Waals surface area contributed by atoms with Gasteiger partial charge < -0.3 is 10.1 Å². The lowest BCUT2D eigenvalue weighted by Gasteiger charge is -2.24. The lowest BCUT2D eigenvalue weighted by Crippen LogP contribution is -2.40. The summed E-state index contributed by atoms with van der Waals surface area (Å²) in [5, 5.41) is 2.78. The topological polar surface area (TPSA) is 75.7 Å². The highest BCUT2D eigenvalue weighted by molar-refractivity contribution is 7.92. The molecule has 0 aliphatic rings. The monoisotopic (exact) mass is 390 g/mol. The Balaban J connectivity index is 2.15. The van der Waals surface area contributed by atoms with E-state index in [1.165, 1.54) is 0 Å². The Labute approximate surface area is 161 Å². The SMILES string of the molecule is CCOc1ccccc1CNC(=O)CN(c1cc(C)ccc1C)S(C)(=O)=O. The predicted octanol–water partition coefficient (Wildman–Crippen LogP) is 2.78. The fourth-order valence-electron chi connectivity index (χ4n) is 2.70. The Bertz CT molecular complexity index is 910. The van der Waals surface area contributed by atoms with E-state index in [4.69, 9.17) is 4.74 Å². The van der Waals surface area contributed by atoms with E-state index in [0.717, 1.165) is 27.3 Å². The Morgan fingerprint density at radius 2 is 1.85 bits per heavy atom. The van der Waals surface area contributed by atoms with Crippen molar-refractivity contribution in [1.29, 1.82) is 0 Å². The van der Waals surface area contributed by atoms with E-state index < -0.39 is 10.0 Å². The number of carbonyl (C=O) groups is 1. The summed E-state index contributed by atoms with van der Waals surface area (Å²) >= 11 is 0. The molecular weight excluding hydrogens is 364 g/mol. The molecule has 0 saturated heterocycles. The molecule has 0 heterocycles. The van der Waals surface area contributed by atoms with Crippen LogP contribution in [0.15, 0.2) is 42.5 Å². The van der Waals surface area contributed by atoms with Crippen LogP contribution in [-0.2, 0) is 21.4 Å². The molecular formula is C20H26N2O4S. The molecule has 1 N–H and O–H groups in total. The summed E-state index contributed by atoms with van der Waals surface area (Å²) in [6.45, 7) is 6.11. The van der Waals surface area contributed by atoms with Gasteiger partial charge in [-0.3, -0.25) is 9.10 Å². The Hall–Kier alpha value is -2.54. The van der Waals surface area contributed by atoms with Crippen LogP contribution in [0.25, 0.3) is 0 Å². The Morgan fingerprint density at radius 1 is 1.15 bits per heavy atom. The van der Waals surface area contributed by atoms with E-state index in [2.05, 4.69) is 5.32 Å². The zero-order valence-corrected chi connectivity index (χ0v) is 17.0. The molecule has 0 aliphatic heterocycles. The zero-order valence-electron chi connectivity index (χ0n) is 16.2. The van der Waals surface area contributed by atoms with Crippen molar-refractivity contribution in [3.63, 3.8) is 0 Å². The van der Waals surface area contributed by atoms with Crippen LogP contribution in [0.4, 0.5) is 5.69 Å². The number of sulfonamides is 1. The van der Waals surface area contributed by atoms with Crippen LogP contribution >= 0.6 is 0 Å². The van der Waals surface area contributed by atoms with E-state index in [-0.39, 0.29) is 19.0 Å². The van der Waals surface area contributed by atoms with Gasteiger partial charge in [-0.15, -0.1) is 0 Å². The zero-order chi connectivity index (χ0) is 20.0. The van der Waals surface area contributed by atoms with Crippen molar-refractivity contribution >= 4 is 21.6 Å². The molecule has 146 valence electrons. The normalized spacial score (nSPS) is 11.1. The fourth-order valence-corrected chi connectivity index (χ4v) is 3.60. The van der Waals surface area contributed by atoms with Gasteiger partial charge in [0.05, 0.1) is 18.6 Å². The smallest absolute Gasteiger partial charge is 0.241 e. The third kappa shape index (κ3) is 5.72. The van der Waals surface area contributed by atoms with Crippen molar-refractivity contribution in [2.24, 2.45) is 0 Å². The minimum atomic E-state index is -3.60. The van der Waals surface area contributed by atoms with E-state index in [1.807, 2.05) is 57.2 Å². The largest absolute Gasteiger partial charge is 0.494 e. The van der Waals surface area contributed by atoms with E-state index in [9.17, 15) is 13.2 Å². The van der Waals surface area contributed by atoms with Crippen LogP contribution in [0.1, 0.15) is 23.6 Å². The van der Waals surface area contributed by atoms with Crippen molar-refractivity contribution in [3.8, 4) is 5.75 Å². The van der Waals surface area contributed by atoms with Crippen molar-refractivity contribution in [2.75, 3.05) is 23.7 Å². The van der Waals surface area contributed by atoms with Gasteiger partial charge in [-0.2, -0.15) is 0 Å². The summed E-state index contributed by atoms with van der Waals surface area (Å²) in [5.74, 6) is 0.322. The number of nitrogens with one attached hydrogen (secondary N) is 1. The van der Waals surface area contributed by atoms with Gasteiger partial charge in [0.2, 0.25) is 15.9 Å². The number of rotatable bonds is 8. The van der Waals surface area contributed by atoms with Crippen LogP contribution in [-0.4, -0.2) is 33.7 Å². The molecule has 1 amide bonds. The minimum Gasteiger partial charge on any atom is -0.494 e. The lowest BCUT2D eigenvalue weighted by molar-refractivity contribution is -0.119. The molecule has 0 radical (unpaired) electrons. The van der Waals surface area contributed by atoms with Crippen LogP contribution in [0.2, 0.25) is 0 Å². The first kappa shape index (κ1) is 20.8. The fraction of sp³-hybridized carbons (Fsp3) is 0.350. The van der Waals surface area contributed by atoms with Gasteiger partial charge in [-0.05, 0) is 44.0 Å². The number of amides is 1. The predicted molar refractivity (Wildman–Crippen MR) is 108 cm³/mol. The number of para-hydroxylation sites is 1. The van der Waals surface area contributed by atoms with Crippen molar-refractivity contribution < 1.29 is 17.9 Å². The van der Waals surface area contributed by atoms with Gasteiger partial charge in [-0.25, -0.2) is 8.42 Å². The molecule has 2 aromatic carbocycles. The average Bonchev–Trinajstić information content (AvgIpc) is 2.60. The molecule has 2 aromatic rings.